The fourth-order valence-electron chi connectivity index (χ4n) is 3.88. The van der Waals surface area contributed by atoms with Crippen molar-refractivity contribution in [3.05, 3.63) is 76.7 Å². The number of nitrogens with zero attached hydrogens (tertiary/aromatic N) is 2. The zero-order valence-corrected chi connectivity index (χ0v) is 18.4. The Labute approximate surface area is 187 Å². The van der Waals surface area contributed by atoms with Crippen LogP contribution in [0.15, 0.2) is 65.6 Å². The number of hydrogen-bond donors (Lipinski definition) is 2. The number of ether oxygens (including phenoxy) is 1. The van der Waals surface area contributed by atoms with Gasteiger partial charge in [-0.25, -0.2) is 0 Å². The highest BCUT2D eigenvalue weighted by atomic mass is 16.5. The summed E-state index contributed by atoms with van der Waals surface area (Å²) in [5.74, 6) is 0.260. The van der Waals surface area contributed by atoms with Crippen molar-refractivity contribution >= 4 is 17.3 Å². The van der Waals surface area contributed by atoms with Crippen molar-refractivity contribution in [3.8, 4) is 16.9 Å². The zero-order chi connectivity index (χ0) is 22.5. The molecular formula is C25H28N4O3. The lowest BCUT2D eigenvalue weighted by Gasteiger charge is -2.23. The second kappa shape index (κ2) is 9.70. The van der Waals surface area contributed by atoms with Gasteiger partial charge in [-0.2, -0.15) is 0 Å². The Morgan fingerprint density at radius 2 is 1.81 bits per heavy atom. The van der Waals surface area contributed by atoms with Crippen molar-refractivity contribution in [2.45, 2.75) is 6.42 Å². The van der Waals surface area contributed by atoms with Gasteiger partial charge in [-0.1, -0.05) is 12.1 Å². The van der Waals surface area contributed by atoms with Gasteiger partial charge in [0.25, 0.3) is 11.5 Å². The Balaban J connectivity index is 1.49. The highest BCUT2D eigenvalue weighted by Gasteiger charge is 2.15. The fourth-order valence-corrected chi connectivity index (χ4v) is 3.88. The molecule has 1 aliphatic heterocycles. The minimum atomic E-state index is -0.444. The van der Waals surface area contributed by atoms with Crippen LogP contribution in [0.2, 0.25) is 0 Å². The molecule has 1 saturated heterocycles. The molecule has 0 saturated carbocycles. The predicted octanol–water partition coefficient (Wildman–Crippen LogP) is 3.44. The molecule has 7 heteroatoms. The van der Waals surface area contributed by atoms with Gasteiger partial charge in [0.2, 0.25) is 0 Å². The maximum atomic E-state index is 12.8. The van der Waals surface area contributed by atoms with E-state index in [1.807, 2.05) is 48.5 Å². The number of nitrogens with one attached hydrogen (secondary N) is 2. The summed E-state index contributed by atoms with van der Waals surface area (Å²) >= 11 is 0. The Morgan fingerprint density at radius 1 is 1.00 bits per heavy atom. The summed E-state index contributed by atoms with van der Waals surface area (Å²) in [6, 6.07) is 16.8. The number of benzene rings is 2. The van der Waals surface area contributed by atoms with Crippen LogP contribution in [0.25, 0.3) is 11.1 Å². The van der Waals surface area contributed by atoms with E-state index in [0.29, 0.717) is 11.4 Å². The zero-order valence-electron chi connectivity index (χ0n) is 18.4. The topological polar surface area (TPSA) is 77.7 Å². The highest BCUT2D eigenvalue weighted by molar-refractivity contribution is 6.04. The number of H-pyrrole nitrogens is 1. The lowest BCUT2D eigenvalue weighted by molar-refractivity contribution is 0.102. The van der Waals surface area contributed by atoms with E-state index < -0.39 is 11.5 Å². The number of aromatic nitrogens is 1. The first-order valence-corrected chi connectivity index (χ1v) is 10.8. The third kappa shape index (κ3) is 5.00. The second-order valence-corrected chi connectivity index (χ2v) is 8.01. The van der Waals surface area contributed by atoms with Gasteiger partial charge < -0.3 is 24.8 Å². The van der Waals surface area contributed by atoms with Gasteiger partial charge in [0.15, 0.2) is 0 Å². The van der Waals surface area contributed by atoms with E-state index in [-0.39, 0.29) is 5.56 Å². The van der Waals surface area contributed by atoms with Crippen LogP contribution in [-0.4, -0.2) is 56.1 Å². The number of anilines is 2. The van der Waals surface area contributed by atoms with E-state index in [2.05, 4.69) is 27.1 Å². The summed E-state index contributed by atoms with van der Waals surface area (Å²) in [5.41, 5.74) is 3.00. The number of carbonyl (C=O) groups is 1. The second-order valence-electron chi connectivity index (χ2n) is 8.01. The van der Waals surface area contributed by atoms with Crippen molar-refractivity contribution < 1.29 is 9.53 Å². The molecule has 32 heavy (non-hydrogen) atoms. The Bertz CT molecular complexity index is 1140. The van der Waals surface area contributed by atoms with Crippen LogP contribution >= 0.6 is 0 Å². The molecule has 7 nitrogen and oxygen atoms in total. The monoisotopic (exact) mass is 432 g/mol. The summed E-state index contributed by atoms with van der Waals surface area (Å²) in [7, 11) is 3.74. The number of methoxy groups -OCH3 is 1. The molecule has 1 aliphatic rings. The Kier molecular flexibility index (Phi) is 6.56. The standard InChI is InChI=1S/C25H28N4O3/c1-28-11-4-12-29(14-13-28)21-9-7-20(8-10-21)27-25(31)23-16-19(17-26-24(23)30)18-5-3-6-22(15-18)32-2/h3,5-10,15-17H,4,11-14H2,1-2H3,(H,26,30)(H,27,31). The molecule has 0 atom stereocenters. The summed E-state index contributed by atoms with van der Waals surface area (Å²) in [6.45, 7) is 4.13. The van der Waals surface area contributed by atoms with Gasteiger partial charge in [0.05, 0.1) is 7.11 Å². The van der Waals surface area contributed by atoms with Gasteiger partial charge in [0, 0.05) is 37.2 Å². The Hall–Kier alpha value is -3.58. The molecule has 0 spiro atoms. The van der Waals surface area contributed by atoms with Gasteiger partial charge in [-0.15, -0.1) is 0 Å². The van der Waals surface area contributed by atoms with Crippen LogP contribution in [0.3, 0.4) is 0 Å². The highest BCUT2D eigenvalue weighted by Crippen LogP contribution is 2.24. The number of carbonyl (C=O) groups excluding carboxylic acids is 1. The smallest absolute Gasteiger partial charge is 0.261 e. The number of rotatable bonds is 5. The number of aromatic amines is 1. The van der Waals surface area contributed by atoms with Crippen molar-refractivity contribution in [2.24, 2.45) is 0 Å². The summed E-state index contributed by atoms with van der Waals surface area (Å²) in [6.07, 6.45) is 2.72. The minimum Gasteiger partial charge on any atom is -0.497 e. The van der Waals surface area contributed by atoms with Gasteiger partial charge in [-0.05, 0) is 73.6 Å². The van der Waals surface area contributed by atoms with Gasteiger partial charge >= 0.3 is 0 Å². The average molecular weight is 433 g/mol. The Morgan fingerprint density at radius 3 is 2.59 bits per heavy atom. The normalized spacial score (nSPS) is 14.6. The molecule has 0 bridgehead atoms. The number of hydrogen-bond acceptors (Lipinski definition) is 5. The average Bonchev–Trinajstić information content (AvgIpc) is 3.04. The molecule has 0 unspecified atom stereocenters. The molecule has 0 radical (unpaired) electrons. The van der Waals surface area contributed by atoms with Crippen LogP contribution in [0.5, 0.6) is 5.75 Å². The molecule has 166 valence electrons. The van der Waals surface area contributed by atoms with Gasteiger partial charge in [-0.3, -0.25) is 9.59 Å². The number of pyridine rings is 1. The first-order valence-electron chi connectivity index (χ1n) is 10.8. The first-order chi connectivity index (χ1) is 15.5. The largest absolute Gasteiger partial charge is 0.497 e. The predicted molar refractivity (Wildman–Crippen MR) is 128 cm³/mol. The third-order valence-corrected chi connectivity index (χ3v) is 5.76. The van der Waals surface area contributed by atoms with E-state index in [0.717, 1.165) is 49.4 Å². The molecule has 1 fully saturated rings. The van der Waals surface area contributed by atoms with Crippen LogP contribution in [0.1, 0.15) is 16.8 Å². The molecule has 1 amide bonds. The number of amides is 1. The molecule has 3 aromatic rings. The third-order valence-electron chi connectivity index (χ3n) is 5.76. The van der Waals surface area contributed by atoms with Crippen LogP contribution < -0.4 is 20.5 Å². The summed E-state index contributed by atoms with van der Waals surface area (Å²) in [5, 5.41) is 2.84. The molecule has 4 rings (SSSR count). The van der Waals surface area contributed by atoms with Crippen molar-refractivity contribution in [1.29, 1.82) is 0 Å². The molecule has 1 aromatic heterocycles. The fraction of sp³-hybridized carbons (Fsp3) is 0.280. The van der Waals surface area contributed by atoms with E-state index in [4.69, 9.17) is 4.74 Å². The van der Waals surface area contributed by atoms with Crippen molar-refractivity contribution in [1.82, 2.24) is 9.88 Å². The van der Waals surface area contributed by atoms with Crippen LogP contribution in [-0.2, 0) is 0 Å². The molecular weight excluding hydrogens is 404 g/mol. The lowest BCUT2D eigenvalue weighted by Crippen LogP contribution is -2.28. The van der Waals surface area contributed by atoms with Crippen LogP contribution in [0, 0.1) is 0 Å². The van der Waals surface area contributed by atoms with E-state index in [9.17, 15) is 9.59 Å². The molecule has 2 heterocycles. The van der Waals surface area contributed by atoms with Gasteiger partial charge in [0.1, 0.15) is 11.3 Å². The van der Waals surface area contributed by atoms with Crippen LogP contribution in [0.4, 0.5) is 11.4 Å². The molecule has 2 N–H and O–H groups in total. The van der Waals surface area contributed by atoms with E-state index >= 15 is 0 Å². The molecule has 0 aliphatic carbocycles. The summed E-state index contributed by atoms with van der Waals surface area (Å²) in [4.78, 5) is 32.5. The first kappa shape index (κ1) is 21.6. The van der Waals surface area contributed by atoms with E-state index in [1.54, 1.807) is 19.4 Å². The molecule has 2 aromatic carbocycles. The maximum absolute atomic E-state index is 12.8. The minimum absolute atomic E-state index is 0.0601. The van der Waals surface area contributed by atoms with Crippen molar-refractivity contribution in [3.63, 3.8) is 0 Å². The SMILES string of the molecule is COc1cccc(-c2c[nH]c(=O)c(C(=O)Nc3ccc(N4CCCN(C)CC4)cc3)c2)c1. The van der Waals surface area contributed by atoms with E-state index in [1.165, 1.54) is 0 Å². The lowest BCUT2D eigenvalue weighted by atomic mass is 10.1. The number of likely N-dealkylation sites (N-methyl/N-ethyl adjacent to an activating group) is 1. The summed E-state index contributed by atoms with van der Waals surface area (Å²) < 4.78 is 5.27. The van der Waals surface area contributed by atoms with Crippen molar-refractivity contribution in [2.75, 3.05) is 50.6 Å². The maximum Gasteiger partial charge on any atom is 0.261 e. The quantitative estimate of drug-likeness (QED) is 0.646.